The van der Waals surface area contributed by atoms with Gasteiger partial charge in [0.2, 0.25) is 0 Å². The molecule has 42 valence electrons. The lowest BCUT2D eigenvalue weighted by molar-refractivity contribution is 0.949. The van der Waals surface area contributed by atoms with E-state index in [1.807, 2.05) is 6.07 Å². The number of nitriles is 1. The van der Waals surface area contributed by atoms with Crippen LogP contribution in [0.3, 0.4) is 0 Å². The lowest BCUT2D eigenvalue weighted by Crippen LogP contribution is -2.09. The molecule has 0 aromatic carbocycles. The second-order valence-corrected chi connectivity index (χ2v) is 1.24. The summed E-state index contributed by atoms with van der Waals surface area (Å²) < 4.78 is 0. The van der Waals surface area contributed by atoms with Crippen LogP contribution in [0.1, 0.15) is 0 Å². The maximum absolute atomic E-state index is 8.02. The highest BCUT2D eigenvalue weighted by molar-refractivity contribution is 5.09. The molecule has 0 fully saturated rings. The fraction of sp³-hybridized carbons (Fsp3) is 0.167. The smallest absolute Gasteiger partial charge is 0.103 e. The van der Waals surface area contributed by atoms with Crippen molar-refractivity contribution in [2.24, 2.45) is 0 Å². The van der Waals surface area contributed by atoms with Crippen LogP contribution in [0.4, 0.5) is 0 Å². The average molecular weight is 108 g/mol. The van der Waals surface area contributed by atoms with E-state index in [1.165, 1.54) is 0 Å². The molecule has 0 unspecified atom stereocenters. The van der Waals surface area contributed by atoms with Gasteiger partial charge in [-0.2, -0.15) is 5.26 Å². The summed E-state index contributed by atoms with van der Waals surface area (Å²) in [4.78, 5) is 0. The molecule has 0 aliphatic carbocycles. The molecule has 0 radical (unpaired) electrons. The molecule has 0 aliphatic heterocycles. The zero-order chi connectivity index (χ0) is 6.41. The third kappa shape index (κ3) is 2.98. The molecule has 2 heteroatoms. The van der Waals surface area contributed by atoms with Crippen molar-refractivity contribution < 1.29 is 0 Å². The Bertz CT molecular complexity index is 130. The van der Waals surface area contributed by atoms with Crippen molar-refractivity contribution in [3.8, 4) is 6.07 Å². The minimum Gasteiger partial charge on any atom is -0.373 e. The molecule has 0 aromatic rings. The van der Waals surface area contributed by atoms with E-state index in [4.69, 9.17) is 5.26 Å². The molecule has 0 saturated heterocycles. The molecule has 0 aromatic heterocycles. The third-order valence-electron chi connectivity index (χ3n) is 0.641. The Morgan fingerprint density at radius 3 is 2.88 bits per heavy atom. The Morgan fingerprint density at radius 2 is 2.50 bits per heavy atom. The maximum Gasteiger partial charge on any atom is 0.103 e. The van der Waals surface area contributed by atoms with Gasteiger partial charge in [-0.25, -0.2) is 0 Å². The van der Waals surface area contributed by atoms with E-state index in [0.717, 1.165) is 0 Å². The summed E-state index contributed by atoms with van der Waals surface area (Å²) in [5.41, 5.74) is 0.687. The van der Waals surface area contributed by atoms with Crippen LogP contribution in [-0.2, 0) is 0 Å². The molecule has 0 bridgehead atoms. The lowest BCUT2D eigenvalue weighted by Gasteiger charge is -1.95. The van der Waals surface area contributed by atoms with Gasteiger partial charge in [0.05, 0.1) is 6.07 Å². The summed E-state index contributed by atoms with van der Waals surface area (Å²) in [6, 6.07) is 1.91. The summed E-state index contributed by atoms with van der Waals surface area (Å²) in [6.45, 7) is 7.27. The topological polar surface area (TPSA) is 35.8 Å². The van der Waals surface area contributed by atoms with Gasteiger partial charge in [-0.3, -0.25) is 0 Å². The summed E-state index contributed by atoms with van der Waals surface area (Å²) in [5, 5.41) is 10.7. The van der Waals surface area contributed by atoms with Gasteiger partial charge in [0.25, 0.3) is 0 Å². The van der Waals surface area contributed by atoms with E-state index in [0.29, 0.717) is 12.2 Å². The lowest BCUT2D eigenvalue weighted by atomic mass is 10.5. The van der Waals surface area contributed by atoms with Crippen molar-refractivity contribution in [3.63, 3.8) is 0 Å². The van der Waals surface area contributed by atoms with Crippen molar-refractivity contribution in [2.75, 3.05) is 6.54 Å². The highest BCUT2D eigenvalue weighted by Crippen LogP contribution is 1.79. The van der Waals surface area contributed by atoms with Crippen molar-refractivity contribution in [2.45, 2.75) is 0 Å². The summed E-state index contributed by atoms with van der Waals surface area (Å²) >= 11 is 0. The zero-order valence-electron chi connectivity index (χ0n) is 4.65. The van der Waals surface area contributed by atoms with Crippen molar-refractivity contribution in [3.05, 3.63) is 24.9 Å². The van der Waals surface area contributed by atoms with Crippen LogP contribution in [0.15, 0.2) is 24.9 Å². The molecule has 8 heavy (non-hydrogen) atoms. The summed E-state index contributed by atoms with van der Waals surface area (Å²) in [5.74, 6) is 0. The first-order chi connectivity index (χ1) is 3.81. The van der Waals surface area contributed by atoms with Crippen molar-refractivity contribution in [1.82, 2.24) is 5.32 Å². The summed E-state index contributed by atoms with van der Waals surface area (Å²) in [7, 11) is 0. The molecular formula is C6H8N2. The SMILES string of the molecule is C=CC(=C)NCC#N. The van der Waals surface area contributed by atoms with Crippen LogP contribution >= 0.6 is 0 Å². The highest BCUT2D eigenvalue weighted by atomic mass is 14.9. The zero-order valence-corrected chi connectivity index (χ0v) is 4.65. The standard InChI is InChI=1S/C6H8N2/c1-3-6(2)8-5-4-7/h3,8H,1-2,5H2. The number of hydrogen-bond donors (Lipinski definition) is 1. The predicted molar refractivity (Wildman–Crippen MR) is 33.0 cm³/mol. The second-order valence-electron chi connectivity index (χ2n) is 1.24. The molecule has 0 heterocycles. The number of rotatable bonds is 3. The van der Waals surface area contributed by atoms with Gasteiger partial charge in [0.15, 0.2) is 0 Å². The monoisotopic (exact) mass is 108 g/mol. The van der Waals surface area contributed by atoms with Crippen LogP contribution in [0.5, 0.6) is 0 Å². The van der Waals surface area contributed by atoms with Gasteiger partial charge < -0.3 is 5.32 Å². The van der Waals surface area contributed by atoms with E-state index in [9.17, 15) is 0 Å². The first-order valence-electron chi connectivity index (χ1n) is 2.23. The van der Waals surface area contributed by atoms with Crippen molar-refractivity contribution >= 4 is 0 Å². The van der Waals surface area contributed by atoms with E-state index >= 15 is 0 Å². The Morgan fingerprint density at radius 1 is 1.88 bits per heavy atom. The predicted octanol–water partition coefficient (Wildman–Crippen LogP) is 0.799. The molecule has 0 atom stereocenters. The first-order valence-corrected chi connectivity index (χ1v) is 2.23. The fourth-order valence-corrected chi connectivity index (χ4v) is 0.225. The minimum absolute atomic E-state index is 0.296. The van der Waals surface area contributed by atoms with E-state index < -0.39 is 0 Å². The van der Waals surface area contributed by atoms with Gasteiger partial charge in [-0.15, -0.1) is 0 Å². The van der Waals surface area contributed by atoms with E-state index in [-0.39, 0.29) is 0 Å². The van der Waals surface area contributed by atoms with Gasteiger partial charge in [0.1, 0.15) is 6.54 Å². The van der Waals surface area contributed by atoms with Crippen LogP contribution in [0, 0.1) is 11.3 Å². The Hall–Kier alpha value is -1.23. The van der Waals surface area contributed by atoms with Crippen LogP contribution in [0.2, 0.25) is 0 Å². The van der Waals surface area contributed by atoms with Crippen molar-refractivity contribution in [1.29, 1.82) is 5.26 Å². The van der Waals surface area contributed by atoms with Crippen LogP contribution < -0.4 is 5.32 Å². The number of hydrogen-bond acceptors (Lipinski definition) is 2. The molecule has 0 spiro atoms. The summed E-state index contributed by atoms with van der Waals surface area (Å²) in [6.07, 6.45) is 1.57. The Balaban J connectivity index is 3.28. The molecule has 0 amide bonds. The normalized spacial score (nSPS) is 6.88. The second kappa shape index (κ2) is 3.94. The number of allylic oxidation sites excluding steroid dienone is 1. The number of nitrogens with one attached hydrogen (secondary N) is 1. The van der Waals surface area contributed by atoms with Crippen LogP contribution in [0.25, 0.3) is 0 Å². The van der Waals surface area contributed by atoms with Crippen LogP contribution in [-0.4, -0.2) is 6.54 Å². The van der Waals surface area contributed by atoms with Gasteiger partial charge in [0, 0.05) is 5.70 Å². The maximum atomic E-state index is 8.02. The molecular weight excluding hydrogens is 100 g/mol. The Kier molecular flexibility index (Phi) is 3.34. The van der Waals surface area contributed by atoms with Gasteiger partial charge >= 0.3 is 0 Å². The van der Waals surface area contributed by atoms with E-state index in [1.54, 1.807) is 6.08 Å². The average Bonchev–Trinajstić information content (AvgIpc) is 1.83. The number of nitrogens with zero attached hydrogens (tertiary/aromatic N) is 1. The Labute approximate surface area is 49.1 Å². The highest BCUT2D eigenvalue weighted by Gasteiger charge is 1.79. The molecule has 0 aliphatic rings. The van der Waals surface area contributed by atoms with E-state index in [2.05, 4.69) is 18.5 Å². The van der Waals surface area contributed by atoms with Gasteiger partial charge in [-0.1, -0.05) is 13.2 Å². The third-order valence-corrected chi connectivity index (χ3v) is 0.641. The largest absolute Gasteiger partial charge is 0.373 e. The quantitative estimate of drug-likeness (QED) is 0.428. The molecule has 2 nitrogen and oxygen atoms in total. The minimum atomic E-state index is 0.296. The first kappa shape index (κ1) is 6.77. The molecule has 0 rings (SSSR count). The fourth-order valence-electron chi connectivity index (χ4n) is 0.225. The molecule has 0 saturated carbocycles. The molecule has 1 N–H and O–H groups in total. The van der Waals surface area contributed by atoms with Gasteiger partial charge in [-0.05, 0) is 6.08 Å².